The maximum Gasteiger partial charge on any atom is 0.224 e. The van der Waals surface area contributed by atoms with Gasteiger partial charge in [-0.15, -0.1) is 0 Å². The molecule has 1 atom stereocenters. The summed E-state index contributed by atoms with van der Waals surface area (Å²) in [6.07, 6.45) is 0.475. The van der Waals surface area contributed by atoms with Crippen molar-refractivity contribution in [3.63, 3.8) is 0 Å². The van der Waals surface area contributed by atoms with Crippen LogP contribution in [-0.2, 0) is 4.79 Å². The number of hydrogen-bond acceptors (Lipinski definition) is 4. The summed E-state index contributed by atoms with van der Waals surface area (Å²) in [5.74, 6) is -0.545. The predicted molar refractivity (Wildman–Crippen MR) is 53.6 cm³/mol. The highest BCUT2D eigenvalue weighted by atomic mass is 16.3. The van der Waals surface area contributed by atoms with Gasteiger partial charge in [0.15, 0.2) is 0 Å². The van der Waals surface area contributed by atoms with Gasteiger partial charge < -0.3 is 21.3 Å². The zero-order valence-corrected chi connectivity index (χ0v) is 8.79. The number of nitrogens with one attached hydrogen (secondary N) is 1. The number of carbonyl (C=O) groups is 1. The Bertz CT molecular complexity index is 173. The first-order valence-corrected chi connectivity index (χ1v) is 4.79. The average molecular weight is 204 g/mol. The zero-order valence-electron chi connectivity index (χ0n) is 8.79. The van der Waals surface area contributed by atoms with Gasteiger partial charge in [-0.2, -0.15) is 0 Å². The molecule has 0 bridgehead atoms. The molecule has 0 aliphatic rings. The standard InChI is InChI=1S/C9H20N2O3/c1-3-9(5-12,6-13)11-8(14)7(2)4-10/h7,12-13H,3-6,10H2,1-2H3,(H,11,14). The largest absolute Gasteiger partial charge is 0.394 e. The Morgan fingerprint density at radius 3 is 2.29 bits per heavy atom. The lowest BCUT2D eigenvalue weighted by atomic mass is 9.97. The van der Waals surface area contributed by atoms with Crippen molar-refractivity contribution in [2.24, 2.45) is 11.7 Å². The SMILES string of the molecule is CCC(CO)(CO)NC(=O)C(C)CN. The van der Waals surface area contributed by atoms with Crippen LogP contribution in [0.1, 0.15) is 20.3 Å². The quantitative estimate of drug-likeness (QED) is 0.438. The van der Waals surface area contributed by atoms with Crippen molar-refractivity contribution in [3.05, 3.63) is 0 Å². The highest BCUT2D eigenvalue weighted by molar-refractivity contribution is 5.79. The average Bonchev–Trinajstić information content (AvgIpc) is 2.24. The Morgan fingerprint density at radius 1 is 1.50 bits per heavy atom. The highest BCUT2D eigenvalue weighted by Crippen LogP contribution is 2.09. The van der Waals surface area contributed by atoms with Gasteiger partial charge in [-0.3, -0.25) is 4.79 Å². The Hall–Kier alpha value is -0.650. The maximum absolute atomic E-state index is 11.5. The predicted octanol–water partition coefficient (Wildman–Crippen LogP) is -1.17. The maximum atomic E-state index is 11.5. The number of rotatable bonds is 6. The minimum absolute atomic E-state index is 0.238. The fourth-order valence-corrected chi connectivity index (χ4v) is 0.933. The fourth-order valence-electron chi connectivity index (χ4n) is 0.933. The van der Waals surface area contributed by atoms with E-state index in [0.717, 1.165) is 0 Å². The first-order valence-electron chi connectivity index (χ1n) is 4.79. The summed E-state index contributed by atoms with van der Waals surface area (Å²) < 4.78 is 0. The highest BCUT2D eigenvalue weighted by Gasteiger charge is 2.29. The van der Waals surface area contributed by atoms with Crippen LogP contribution in [0.2, 0.25) is 0 Å². The van der Waals surface area contributed by atoms with Crippen LogP contribution >= 0.6 is 0 Å². The third-order valence-corrected chi connectivity index (χ3v) is 2.47. The summed E-state index contributed by atoms with van der Waals surface area (Å²) >= 11 is 0. The van der Waals surface area contributed by atoms with Gasteiger partial charge in [0.25, 0.3) is 0 Å². The molecule has 0 saturated heterocycles. The molecule has 5 nitrogen and oxygen atoms in total. The van der Waals surface area contributed by atoms with Crippen molar-refractivity contribution in [2.75, 3.05) is 19.8 Å². The summed E-state index contributed by atoms with van der Waals surface area (Å²) in [6, 6.07) is 0. The van der Waals surface area contributed by atoms with E-state index in [4.69, 9.17) is 15.9 Å². The monoisotopic (exact) mass is 204 g/mol. The van der Waals surface area contributed by atoms with Crippen molar-refractivity contribution >= 4 is 5.91 Å². The molecule has 5 N–H and O–H groups in total. The molecule has 0 aromatic carbocycles. The lowest BCUT2D eigenvalue weighted by Crippen LogP contribution is -2.55. The molecule has 0 saturated carbocycles. The van der Waals surface area contributed by atoms with Gasteiger partial charge >= 0.3 is 0 Å². The Morgan fingerprint density at radius 2 is 2.00 bits per heavy atom. The minimum Gasteiger partial charge on any atom is -0.394 e. The topological polar surface area (TPSA) is 95.6 Å². The second-order valence-corrected chi connectivity index (χ2v) is 3.58. The van der Waals surface area contributed by atoms with Gasteiger partial charge in [0.2, 0.25) is 5.91 Å². The van der Waals surface area contributed by atoms with E-state index < -0.39 is 5.54 Å². The normalized spacial score (nSPS) is 13.8. The van der Waals surface area contributed by atoms with E-state index in [-0.39, 0.29) is 31.6 Å². The van der Waals surface area contributed by atoms with Gasteiger partial charge in [0, 0.05) is 12.5 Å². The lowest BCUT2D eigenvalue weighted by molar-refractivity contribution is -0.127. The molecule has 0 spiro atoms. The summed E-state index contributed by atoms with van der Waals surface area (Å²) in [5.41, 5.74) is 4.41. The first-order chi connectivity index (χ1) is 6.55. The number of aliphatic hydroxyl groups is 2. The molecule has 14 heavy (non-hydrogen) atoms. The molecule has 0 radical (unpaired) electrons. The van der Waals surface area contributed by atoms with Crippen molar-refractivity contribution in [3.8, 4) is 0 Å². The van der Waals surface area contributed by atoms with E-state index in [0.29, 0.717) is 6.42 Å². The van der Waals surface area contributed by atoms with Crippen LogP contribution in [0.3, 0.4) is 0 Å². The van der Waals surface area contributed by atoms with E-state index in [1.54, 1.807) is 13.8 Å². The van der Waals surface area contributed by atoms with Crippen LogP contribution < -0.4 is 11.1 Å². The molecule has 0 aliphatic carbocycles. The summed E-state index contributed by atoms with van der Waals surface area (Å²) in [5, 5.41) is 20.8. The molecule has 1 amide bonds. The molecular weight excluding hydrogens is 184 g/mol. The van der Waals surface area contributed by atoms with Crippen LogP contribution in [0.4, 0.5) is 0 Å². The van der Waals surface area contributed by atoms with Crippen LogP contribution in [0, 0.1) is 5.92 Å². The van der Waals surface area contributed by atoms with Crippen LogP contribution in [0.5, 0.6) is 0 Å². The Balaban J connectivity index is 4.37. The first kappa shape index (κ1) is 13.4. The summed E-state index contributed by atoms with van der Waals surface area (Å²) in [6.45, 7) is 3.19. The van der Waals surface area contributed by atoms with Crippen LogP contribution in [0.25, 0.3) is 0 Å². The van der Waals surface area contributed by atoms with Gasteiger partial charge in [-0.25, -0.2) is 0 Å². The smallest absolute Gasteiger partial charge is 0.224 e. The minimum atomic E-state index is -0.916. The molecule has 1 unspecified atom stereocenters. The van der Waals surface area contributed by atoms with Gasteiger partial charge in [0.1, 0.15) is 0 Å². The molecule has 0 aromatic heterocycles. The van der Waals surface area contributed by atoms with Crippen molar-refractivity contribution in [1.29, 1.82) is 0 Å². The number of hydrogen-bond donors (Lipinski definition) is 4. The van der Waals surface area contributed by atoms with Crippen molar-refractivity contribution in [2.45, 2.75) is 25.8 Å². The molecular formula is C9H20N2O3. The molecule has 84 valence electrons. The van der Waals surface area contributed by atoms with Gasteiger partial charge in [-0.05, 0) is 6.42 Å². The van der Waals surface area contributed by atoms with Crippen LogP contribution in [-0.4, -0.2) is 41.4 Å². The molecule has 0 rings (SSSR count). The lowest BCUT2D eigenvalue weighted by Gasteiger charge is -2.30. The second kappa shape index (κ2) is 5.95. The fraction of sp³-hybridized carbons (Fsp3) is 0.889. The van der Waals surface area contributed by atoms with E-state index in [9.17, 15) is 4.79 Å². The number of carbonyl (C=O) groups excluding carboxylic acids is 1. The summed E-state index contributed by atoms with van der Waals surface area (Å²) in [7, 11) is 0. The second-order valence-electron chi connectivity index (χ2n) is 3.58. The van der Waals surface area contributed by atoms with Gasteiger partial charge in [-0.1, -0.05) is 13.8 Å². The van der Waals surface area contributed by atoms with Gasteiger partial charge in [0.05, 0.1) is 18.8 Å². The van der Waals surface area contributed by atoms with E-state index in [1.165, 1.54) is 0 Å². The van der Waals surface area contributed by atoms with Crippen LogP contribution in [0.15, 0.2) is 0 Å². The third-order valence-electron chi connectivity index (χ3n) is 2.47. The van der Waals surface area contributed by atoms with E-state index in [1.807, 2.05) is 0 Å². The molecule has 5 heteroatoms. The van der Waals surface area contributed by atoms with E-state index >= 15 is 0 Å². The number of aliphatic hydroxyl groups excluding tert-OH is 2. The Labute approximate surface area is 84.3 Å². The molecule has 0 fully saturated rings. The molecule has 0 heterocycles. The van der Waals surface area contributed by atoms with Crippen molar-refractivity contribution < 1.29 is 15.0 Å². The third kappa shape index (κ3) is 3.25. The summed E-state index contributed by atoms with van der Waals surface area (Å²) in [4.78, 5) is 11.5. The zero-order chi connectivity index (χ0) is 11.2. The number of nitrogens with two attached hydrogens (primary N) is 1. The molecule has 0 aromatic rings. The number of amides is 1. The van der Waals surface area contributed by atoms with Crippen molar-refractivity contribution in [1.82, 2.24) is 5.32 Å². The van der Waals surface area contributed by atoms with E-state index in [2.05, 4.69) is 5.32 Å². The molecule has 0 aliphatic heterocycles. The Kier molecular flexibility index (Phi) is 5.68.